The Balaban J connectivity index is 1.87. The molecule has 0 unspecified atom stereocenters. The molecular formula is C17H23N3O3. The fourth-order valence-electron chi connectivity index (χ4n) is 2.55. The average Bonchev–Trinajstić information content (AvgIpc) is 3.08. The molecule has 1 N–H and O–H groups in total. The van der Waals surface area contributed by atoms with E-state index in [0.29, 0.717) is 19.6 Å². The molecule has 0 radical (unpaired) electrons. The van der Waals surface area contributed by atoms with Gasteiger partial charge in [-0.2, -0.15) is 5.10 Å². The molecule has 0 spiro atoms. The van der Waals surface area contributed by atoms with E-state index in [4.69, 9.17) is 5.11 Å². The van der Waals surface area contributed by atoms with Gasteiger partial charge in [-0.25, -0.2) is 5.01 Å². The molecule has 0 bridgehead atoms. The lowest BCUT2D eigenvalue weighted by molar-refractivity contribution is -0.137. The molecule has 1 aliphatic heterocycles. The van der Waals surface area contributed by atoms with Crippen molar-refractivity contribution in [3.63, 3.8) is 0 Å². The summed E-state index contributed by atoms with van der Waals surface area (Å²) in [7, 11) is 0. The molecule has 1 heterocycles. The van der Waals surface area contributed by atoms with E-state index in [2.05, 4.69) is 5.10 Å². The van der Waals surface area contributed by atoms with Gasteiger partial charge >= 0.3 is 0 Å². The lowest BCUT2D eigenvalue weighted by Gasteiger charge is -2.20. The van der Waals surface area contributed by atoms with E-state index in [1.807, 2.05) is 37.3 Å². The van der Waals surface area contributed by atoms with Crippen LogP contribution in [0.4, 0.5) is 0 Å². The van der Waals surface area contributed by atoms with Crippen molar-refractivity contribution in [2.45, 2.75) is 26.2 Å². The number of hydrogen-bond donors (Lipinski definition) is 1. The van der Waals surface area contributed by atoms with E-state index in [0.717, 1.165) is 17.7 Å². The van der Waals surface area contributed by atoms with Crippen molar-refractivity contribution in [2.75, 3.05) is 26.2 Å². The van der Waals surface area contributed by atoms with Gasteiger partial charge in [0.25, 0.3) is 0 Å². The second-order valence-electron chi connectivity index (χ2n) is 5.38. The number of aliphatic hydroxyl groups is 1. The van der Waals surface area contributed by atoms with E-state index >= 15 is 0 Å². The monoisotopic (exact) mass is 317 g/mol. The standard InChI is InChI=1S/C17H23N3O3/c1-2-19(12-13-21)16(22)8-9-17(23)20-11-10-15(18-20)14-6-4-3-5-7-14/h3-7,21H,2,8-13H2,1H3. The number of benzene rings is 1. The van der Waals surface area contributed by atoms with E-state index in [1.165, 1.54) is 5.01 Å². The van der Waals surface area contributed by atoms with Crippen LogP contribution in [-0.4, -0.2) is 58.8 Å². The van der Waals surface area contributed by atoms with Crippen molar-refractivity contribution in [2.24, 2.45) is 5.10 Å². The lowest BCUT2D eigenvalue weighted by atomic mass is 10.1. The maximum atomic E-state index is 12.2. The number of carbonyl (C=O) groups excluding carboxylic acids is 2. The van der Waals surface area contributed by atoms with Gasteiger partial charge in [-0.15, -0.1) is 0 Å². The van der Waals surface area contributed by atoms with E-state index in [1.54, 1.807) is 4.90 Å². The Morgan fingerprint density at radius 1 is 1.26 bits per heavy atom. The number of aliphatic hydroxyl groups excluding tert-OH is 1. The summed E-state index contributed by atoms with van der Waals surface area (Å²) in [6, 6.07) is 9.79. The summed E-state index contributed by atoms with van der Waals surface area (Å²) < 4.78 is 0. The van der Waals surface area contributed by atoms with Gasteiger partial charge in [-0.1, -0.05) is 30.3 Å². The zero-order valence-electron chi connectivity index (χ0n) is 13.4. The third-order valence-electron chi connectivity index (χ3n) is 3.85. The van der Waals surface area contributed by atoms with Crippen molar-refractivity contribution >= 4 is 17.5 Å². The van der Waals surface area contributed by atoms with Gasteiger partial charge in [0.1, 0.15) is 0 Å². The number of rotatable bonds is 7. The zero-order chi connectivity index (χ0) is 16.7. The topological polar surface area (TPSA) is 73.2 Å². The molecule has 0 aliphatic carbocycles. The van der Waals surface area contributed by atoms with Crippen LogP contribution in [-0.2, 0) is 9.59 Å². The summed E-state index contributed by atoms with van der Waals surface area (Å²) in [5, 5.41) is 14.7. The summed E-state index contributed by atoms with van der Waals surface area (Å²) in [5.41, 5.74) is 1.93. The van der Waals surface area contributed by atoms with Gasteiger partial charge in [0, 0.05) is 32.4 Å². The Bertz CT molecular complexity index is 572. The Morgan fingerprint density at radius 3 is 2.65 bits per heavy atom. The van der Waals surface area contributed by atoms with E-state index in [-0.39, 0.29) is 31.3 Å². The molecular weight excluding hydrogens is 294 g/mol. The number of hydrogen-bond acceptors (Lipinski definition) is 4. The summed E-state index contributed by atoms with van der Waals surface area (Å²) >= 11 is 0. The summed E-state index contributed by atoms with van der Waals surface area (Å²) in [6.45, 7) is 3.19. The molecule has 2 amide bonds. The Kier molecular flexibility index (Phi) is 6.29. The molecule has 0 saturated heterocycles. The largest absolute Gasteiger partial charge is 0.395 e. The highest BCUT2D eigenvalue weighted by atomic mass is 16.3. The minimum atomic E-state index is -0.135. The highest BCUT2D eigenvalue weighted by molar-refractivity contribution is 6.02. The fraction of sp³-hybridized carbons (Fsp3) is 0.471. The van der Waals surface area contributed by atoms with Gasteiger partial charge < -0.3 is 10.0 Å². The van der Waals surface area contributed by atoms with Crippen LogP contribution in [0.25, 0.3) is 0 Å². The zero-order valence-corrected chi connectivity index (χ0v) is 13.4. The van der Waals surface area contributed by atoms with E-state index < -0.39 is 0 Å². The fourth-order valence-corrected chi connectivity index (χ4v) is 2.55. The first-order chi connectivity index (χ1) is 11.2. The number of likely N-dealkylation sites (N-methyl/N-ethyl adjacent to an activating group) is 1. The third kappa shape index (κ3) is 4.63. The minimum Gasteiger partial charge on any atom is -0.395 e. The van der Waals surface area contributed by atoms with Crippen LogP contribution in [0, 0.1) is 0 Å². The summed E-state index contributed by atoms with van der Waals surface area (Å²) in [5.74, 6) is -0.245. The molecule has 0 fully saturated rings. The van der Waals surface area contributed by atoms with Crippen molar-refractivity contribution in [1.29, 1.82) is 0 Å². The van der Waals surface area contributed by atoms with Crippen molar-refractivity contribution in [3.05, 3.63) is 35.9 Å². The predicted molar refractivity (Wildman–Crippen MR) is 87.9 cm³/mol. The molecule has 1 aromatic rings. The number of carbonyl (C=O) groups is 2. The SMILES string of the molecule is CCN(CCO)C(=O)CCC(=O)N1CCC(c2ccccc2)=N1. The Labute approximate surface area is 136 Å². The van der Waals surface area contributed by atoms with Crippen LogP contribution < -0.4 is 0 Å². The first-order valence-electron chi connectivity index (χ1n) is 7.97. The second-order valence-corrected chi connectivity index (χ2v) is 5.38. The summed E-state index contributed by atoms with van der Waals surface area (Å²) in [4.78, 5) is 25.7. The van der Waals surface area contributed by atoms with Crippen molar-refractivity contribution < 1.29 is 14.7 Å². The molecule has 2 rings (SSSR count). The Morgan fingerprint density at radius 2 is 2.00 bits per heavy atom. The Hall–Kier alpha value is -2.21. The first kappa shape index (κ1) is 17.1. The van der Waals surface area contributed by atoms with Crippen LogP contribution in [0.1, 0.15) is 31.7 Å². The predicted octanol–water partition coefficient (Wildman–Crippen LogP) is 1.24. The molecule has 6 heteroatoms. The third-order valence-corrected chi connectivity index (χ3v) is 3.85. The van der Waals surface area contributed by atoms with E-state index in [9.17, 15) is 9.59 Å². The maximum absolute atomic E-state index is 12.2. The van der Waals surface area contributed by atoms with Crippen LogP contribution in [0.15, 0.2) is 35.4 Å². The van der Waals surface area contributed by atoms with Crippen LogP contribution in [0.5, 0.6) is 0 Å². The highest BCUT2D eigenvalue weighted by Gasteiger charge is 2.22. The molecule has 1 aromatic carbocycles. The molecule has 124 valence electrons. The first-order valence-corrected chi connectivity index (χ1v) is 7.97. The quantitative estimate of drug-likeness (QED) is 0.822. The molecule has 0 saturated carbocycles. The second kappa shape index (κ2) is 8.43. The maximum Gasteiger partial charge on any atom is 0.243 e. The molecule has 0 aromatic heterocycles. The number of nitrogens with zero attached hydrogens (tertiary/aromatic N) is 3. The van der Waals surface area contributed by atoms with Gasteiger partial charge in [0.2, 0.25) is 11.8 Å². The van der Waals surface area contributed by atoms with Crippen LogP contribution in [0.3, 0.4) is 0 Å². The smallest absolute Gasteiger partial charge is 0.243 e. The van der Waals surface area contributed by atoms with Crippen LogP contribution in [0.2, 0.25) is 0 Å². The highest BCUT2D eigenvalue weighted by Crippen LogP contribution is 2.15. The van der Waals surface area contributed by atoms with Crippen molar-refractivity contribution in [3.8, 4) is 0 Å². The van der Waals surface area contributed by atoms with Gasteiger partial charge in [0.05, 0.1) is 18.9 Å². The minimum absolute atomic E-state index is 0.0651. The van der Waals surface area contributed by atoms with Crippen molar-refractivity contribution in [1.82, 2.24) is 9.91 Å². The molecule has 1 aliphatic rings. The normalized spacial score (nSPS) is 13.8. The number of amides is 2. The van der Waals surface area contributed by atoms with Crippen LogP contribution >= 0.6 is 0 Å². The number of hydrazone groups is 1. The lowest BCUT2D eigenvalue weighted by Crippen LogP contribution is -2.34. The summed E-state index contributed by atoms with van der Waals surface area (Å²) in [6.07, 6.45) is 1.03. The van der Waals surface area contributed by atoms with Gasteiger partial charge in [-0.05, 0) is 12.5 Å². The van der Waals surface area contributed by atoms with Gasteiger partial charge in [0.15, 0.2) is 0 Å². The molecule has 6 nitrogen and oxygen atoms in total. The van der Waals surface area contributed by atoms with Gasteiger partial charge in [-0.3, -0.25) is 9.59 Å². The molecule has 23 heavy (non-hydrogen) atoms. The average molecular weight is 317 g/mol. The molecule has 0 atom stereocenters.